The minimum atomic E-state index is -0.511. The summed E-state index contributed by atoms with van der Waals surface area (Å²) < 4.78 is 0. The molecule has 84 valence electrons. The normalized spacial score (nSPS) is 11.1. The number of nitrogens with one attached hydrogen (secondary N) is 1. The number of carbonyl (C=O) groups is 1. The molecule has 0 bridgehead atoms. The van der Waals surface area contributed by atoms with Crippen molar-refractivity contribution in [2.75, 3.05) is 0 Å². The molecule has 3 aromatic rings. The van der Waals surface area contributed by atoms with E-state index < -0.39 is 5.91 Å². The number of primary amides is 1. The number of amides is 1. The lowest BCUT2D eigenvalue weighted by atomic mass is 10.0. The number of aromatic nitrogens is 2. The summed E-state index contributed by atoms with van der Waals surface area (Å²) in [6, 6.07) is 10.1. The van der Waals surface area contributed by atoms with Crippen LogP contribution in [0.15, 0.2) is 30.3 Å². The zero-order valence-electron chi connectivity index (χ0n) is 9.32. The number of nitrogens with zero attached hydrogens (tertiary/aromatic N) is 1. The van der Waals surface area contributed by atoms with Gasteiger partial charge in [-0.3, -0.25) is 9.89 Å². The molecular weight excluding hydrogens is 214 g/mol. The highest BCUT2D eigenvalue weighted by molar-refractivity contribution is 6.08. The van der Waals surface area contributed by atoms with Gasteiger partial charge in [-0.25, -0.2) is 0 Å². The standard InChI is InChI=1S/C13H11N3O/c1-7-2-3-8-5-10-11(6-9(8)4-7)15-16-12(10)13(14)17/h2-6H,1H3,(H2,14,17)(H,15,16). The smallest absolute Gasteiger partial charge is 0.269 e. The number of H-pyrrole nitrogens is 1. The van der Waals surface area contributed by atoms with Crippen LogP contribution in [0.25, 0.3) is 21.7 Å². The van der Waals surface area contributed by atoms with Crippen molar-refractivity contribution >= 4 is 27.6 Å². The number of benzene rings is 2. The van der Waals surface area contributed by atoms with Gasteiger partial charge in [0.15, 0.2) is 5.69 Å². The molecule has 0 unspecified atom stereocenters. The molecule has 0 spiro atoms. The maximum atomic E-state index is 11.2. The number of carbonyl (C=O) groups excluding carboxylic acids is 1. The van der Waals surface area contributed by atoms with Crippen molar-refractivity contribution in [3.8, 4) is 0 Å². The molecule has 0 saturated heterocycles. The minimum absolute atomic E-state index is 0.294. The third-order valence-corrected chi connectivity index (χ3v) is 2.91. The number of hydrogen-bond acceptors (Lipinski definition) is 2. The lowest BCUT2D eigenvalue weighted by molar-refractivity contribution is 0.0997. The van der Waals surface area contributed by atoms with Gasteiger partial charge in [0.25, 0.3) is 5.91 Å². The molecule has 1 amide bonds. The van der Waals surface area contributed by atoms with Crippen LogP contribution in [-0.2, 0) is 0 Å². The molecule has 2 aromatic carbocycles. The summed E-state index contributed by atoms with van der Waals surface area (Å²) in [5.74, 6) is -0.511. The third kappa shape index (κ3) is 1.45. The van der Waals surface area contributed by atoms with Gasteiger partial charge in [0.2, 0.25) is 0 Å². The molecule has 17 heavy (non-hydrogen) atoms. The summed E-state index contributed by atoms with van der Waals surface area (Å²) in [5, 5.41) is 9.74. The summed E-state index contributed by atoms with van der Waals surface area (Å²) in [4.78, 5) is 11.2. The Morgan fingerprint density at radius 3 is 2.82 bits per heavy atom. The molecule has 0 aliphatic rings. The van der Waals surface area contributed by atoms with E-state index in [9.17, 15) is 4.79 Å². The van der Waals surface area contributed by atoms with Crippen LogP contribution in [0.5, 0.6) is 0 Å². The van der Waals surface area contributed by atoms with Crippen molar-refractivity contribution in [3.05, 3.63) is 41.6 Å². The Hall–Kier alpha value is -2.36. The fourth-order valence-corrected chi connectivity index (χ4v) is 2.07. The first-order valence-corrected chi connectivity index (χ1v) is 5.33. The summed E-state index contributed by atoms with van der Waals surface area (Å²) in [7, 11) is 0. The van der Waals surface area contributed by atoms with E-state index in [4.69, 9.17) is 5.73 Å². The molecular formula is C13H11N3O. The van der Waals surface area contributed by atoms with Gasteiger partial charge in [-0.05, 0) is 29.8 Å². The highest BCUT2D eigenvalue weighted by Gasteiger charge is 2.11. The van der Waals surface area contributed by atoms with Crippen LogP contribution in [0.2, 0.25) is 0 Å². The fourth-order valence-electron chi connectivity index (χ4n) is 2.07. The second kappa shape index (κ2) is 3.31. The lowest BCUT2D eigenvalue weighted by Crippen LogP contribution is -2.11. The van der Waals surface area contributed by atoms with Gasteiger partial charge in [0.1, 0.15) is 0 Å². The Labute approximate surface area is 97.4 Å². The lowest BCUT2D eigenvalue weighted by Gasteiger charge is -2.00. The van der Waals surface area contributed by atoms with Crippen molar-refractivity contribution in [2.45, 2.75) is 6.92 Å². The van der Waals surface area contributed by atoms with E-state index >= 15 is 0 Å². The molecule has 0 radical (unpaired) electrons. The Balaban J connectivity index is 2.41. The molecule has 3 rings (SSSR count). The van der Waals surface area contributed by atoms with E-state index in [1.807, 2.05) is 31.2 Å². The third-order valence-electron chi connectivity index (χ3n) is 2.91. The maximum Gasteiger partial charge on any atom is 0.269 e. The first-order chi connectivity index (χ1) is 8.15. The van der Waals surface area contributed by atoms with Gasteiger partial charge in [0, 0.05) is 5.39 Å². The maximum absolute atomic E-state index is 11.2. The number of aromatic amines is 1. The van der Waals surface area contributed by atoms with Crippen LogP contribution in [0, 0.1) is 6.92 Å². The van der Waals surface area contributed by atoms with Crippen molar-refractivity contribution < 1.29 is 4.79 Å². The monoisotopic (exact) mass is 225 g/mol. The Morgan fingerprint density at radius 1 is 1.24 bits per heavy atom. The van der Waals surface area contributed by atoms with Crippen LogP contribution in [0.4, 0.5) is 0 Å². The van der Waals surface area contributed by atoms with Gasteiger partial charge < -0.3 is 5.73 Å². The largest absolute Gasteiger partial charge is 0.364 e. The predicted octanol–water partition coefficient (Wildman–Crippen LogP) is 2.12. The summed E-state index contributed by atoms with van der Waals surface area (Å²) in [5.41, 5.74) is 7.60. The highest BCUT2D eigenvalue weighted by atomic mass is 16.1. The molecule has 0 aliphatic heterocycles. The number of nitrogens with two attached hydrogens (primary N) is 1. The predicted molar refractivity (Wildman–Crippen MR) is 66.9 cm³/mol. The van der Waals surface area contributed by atoms with Gasteiger partial charge in [-0.1, -0.05) is 23.8 Å². The van der Waals surface area contributed by atoms with E-state index in [0.717, 1.165) is 21.7 Å². The van der Waals surface area contributed by atoms with Crippen LogP contribution in [-0.4, -0.2) is 16.1 Å². The fraction of sp³-hybridized carbons (Fsp3) is 0.0769. The van der Waals surface area contributed by atoms with Crippen molar-refractivity contribution in [1.82, 2.24) is 10.2 Å². The van der Waals surface area contributed by atoms with Crippen molar-refractivity contribution in [3.63, 3.8) is 0 Å². The Morgan fingerprint density at radius 2 is 2.06 bits per heavy atom. The number of hydrogen-bond donors (Lipinski definition) is 2. The molecule has 0 aliphatic carbocycles. The van der Waals surface area contributed by atoms with Crippen LogP contribution in [0.3, 0.4) is 0 Å². The van der Waals surface area contributed by atoms with Gasteiger partial charge in [-0.15, -0.1) is 0 Å². The van der Waals surface area contributed by atoms with Crippen LogP contribution < -0.4 is 5.73 Å². The summed E-state index contributed by atoms with van der Waals surface area (Å²) in [6.45, 7) is 2.05. The van der Waals surface area contributed by atoms with E-state index in [1.54, 1.807) is 0 Å². The van der Waals surface area contributed by atoms with Crippen molar-refractivity contribution in [2.24, 2.45) is 5.73 Å². The molecule has 0 atom stereocenters. The van der Waals surface area contributed by atoms with Crippen LogP contribution >= 0.6 is 0 Å². The Bertz CT molecular complexity index is 743. The van der Waals surface area contributed by atoms with Crippen LogP contribution in [0.1, 0.15) is 16.1 Å². The average molecular weight is 225 g/mol. The minimum Gasteiger partial charge on any atom is -0.364 e. The molecule has 4 heteroatoms. The van der Waals surface area contributed by atoms with E-state index in [-0.39, 0.29) is 0 Å². The summed E-state index contributed by atoms with van der Waals surface area (Å²) in [6.07, 6.45) is 0. The topological polar surface area (TPSA) is 71.8 Å². The second-order valence-electron chi connectivity index (χ2n) is 4.18. The highest BCUT2D eigenvalue weighted by Crippen LogP contribution is 2.24. The van der Waals surface area contributed by atoms with Gasteiger partial charge >= 0.3 is 0 Å². The molecule has 4 nitrogen and oxygen atoms in total. The number of fused-ring (bicyclic) bond motifs is 2. The van der Waals surface area contributed by atoms with Crippen molar-refractivity contribution in [1.29, 1.82) is 0 Å². The number of rotatable bonds is 1. The summed E-state index contributed by atoms with van der Waals surface area (Å²) >= 11 is 0. The second-order valence-corrected chi connectivity index (χ2v) is 4.18. The van der Waals surface area contributed by atoms with E-state index in [2.05, 4.69) is 16.3 Å². The first-order valence-electron chi connectivity index (χ1n) is 5.33. The molecule has 1 aromatic heterocycles. The zero-order valence-corrected chi connectivity index (χ0v) is 9.32. The SMILES string of the molecule is Cc1ccc2cc3c(C(N)=O)n[nH]c3cc2c1. The number of aryl methyl sites for hydroxylation is 1. The van der Waals surface area contributed by atoms with E-state index in [1.165, 1.54) is 5.56 Å². The Kier molecular flexibility index (Phi) is 1.92. The first kappa shape index (κ1) is 9.84. The van der Waals surface area contributed by atoms with E-state index in [0.29, 0.717) is 5.69 Å². The molecule has 0 saturated carbocycles. The quantitative estimate of drug-likeness (QED) is 0.665. The molecule has 0 fully saturated rings. The molecule has 1 heterocycles. The van der Waals surface area contributed by atoms with Gasteiger partial charge in [-0.2, -0.15) is 5.10 Å². The molecule has 3 N–H and O–H groups in total. The zero-order chi connectivity index (χ0) is 12.0. The van der Waals surface area contributed by atoms with Gasteiger partial charge in [0.05, 0.1) is 5.52 Å². The average Bonchev–Trinajstić information content (AvgIpc) is 2.68.